The number of hydrogen-bond donors (Lipinski definition) is 0. The van der Waals surface area contributed by atoms with Gasteiger partial charge in [-0.05, 0) is 35.4 Å². The SMILES string of the molecule is [N-]=[N+]=NCC=Cc1ccc(N=C=S)cc1. The van der Waals surface area contributed by atoms with E-state index in [9.17, 15) is 0 Å². The summed E-state index contributed by atoms with van der Waals surface area (Å²) in [6, 6.07) is 7.48. The Morgan fingerprint density at radius 3 is 2.73 bits per heavy atom. The van der Waals surface area contributed by atoms with Crippen LogP contribution in [0.2, 0.25) is 0 Å². The fraction of sp³-hybridized carbons (Fsp3) is 0.100. The number of isothiocyanates is 1. The summed E-state index contributed by atoms with van der Waals surface area (Å²) in [5.41, 5.74) is 9.85. The first-order chi connectivity index (χ1) is 7.36. The quantitative estimate of drug-likeness (QED) is 0.248. The van der Waals surface area contributed by atoms with Crippen LogP contribution in [0.3, 0.4) is 0 Å². The maximum atomic E-state index is 8.05. The van der Waals surface area contributed by atoms with E-state index in [1.54, 1.807) is 6.08 Å². The van der Waals surface area contributed by atoms with E-state index in [1.165, 1.54) is 0 Å². The summed E-state index contributed by atoms with van der Waals surface area (Å²) in [7, 11) is 0. The second-order valence-corrected chi connectivity index (χ2v) is 2.79. The molecule has 0 aliphatic rings. The average molecular weight is 216 g/mol. The zero-order valence-corrected chi connectivity index (χ0v) is 8.68. The standard InChI is InChI=1S/C10H8N4S/c11-14-13-7-1-2-9-3-5-10(6-4-9)12-8-15/h1-6H,7H2. The van der Waals surface area contributed by atoms with Crippen molar-refractivity contribution in [3.8, 4) is 0 Å². The lowest BCUT2D eigenvalue weighted by Gasteiger charge is -1.93. The molecule has 0 atom stereocenters. The van der Waals surface area contributed by atoms with Crippen LogP contribution in [0, 0.1) is 0 Å². The highest BCUT2D eigenvalue weighted by Gasteiger charge is 1.88. The molecule has 0 bridgehead atoms. The number of thiocarbonyl (C=S) groups is 1. The Morgan fingerprint density at radius 2 is 2.13 bits per heavy atom. The summed E-state index contributed by atoms with van der Waals surface area (Å²) in [6.07, 6.45) is 3.66. The van der Waals surface area contributed by atoms with E-state index < -0.39 is 0 Å². The van der Waals surface area contributed by atoms with Crippen molar-refractivity contribution >= 4 is 29.1 Å². The van der Waals surface area contributed by atoms with E-state index in [0.717, 1.165) is 11.3 Å². The lowest BCUT2D eigenvalue weighted by Crippen LogP contribution is -1.72. The summed E-state index contributed by atoms with van der Waals surface area (Å²) in [5.74, 6) is 0. The van der Waals surface area contributed by atoms with Crippen LogP contribution in [0.5, 0.6) is 0 Å². The molecule has 1 rings (SSSR count). The molecule has 0 aromatic heterocycles. The smallest absolute Gasteiger partial charge is 0.0739 e. The molecule has 4 nitrogen and oxygen atoms in total. The molecule has 74 valence electrons. The lowest BCUT2D eigenvalue weighted by atomic mass is 10.2. The minimum absolute atomic E-state index is 0.357. The Kier molecular flexibility index (Phi) is 4.84. The molecule has 1 aromatic rings. The van der Waals surface area contributed by atoms with Crippen LogP contribution in [-0.4, -0.2) is 11.7 Å². The van der Waals surface area contributed by atoms with Crippen molar-refractivity contribution in [2.45, 2.75) is 0 Å². The van der Waals surface area contributed by atoms with Gasteiger partial charge in [-0.25, -0.2) is 0 Å². The van der Waals surface area contributed by atoms with Crippen molar-refractivity contribution in [1.82, 2.24) is 0 Å². The van der Waals surface area contributed by atoms with Gasteiger partial charge in [-0.2, -0.15) is 4.99 Å². The molecule has 0 heterocycles. The minimum Gasteiger partial charge on any atom is -0.195 e. The number of rotatable bonds is 4. The van der Waals surface area contributed by atoms with Gasteiger partial charge in [0.1, 0.15) is 0 Å². The van der Waals surface area contributed by atoms with E-state index in [0.29, 0.717) is 6.54 Å². The second kappa shape index (κ2) is 6.51. The van der Waals surface area contributed by atoms with Gasteiger partial charge in [0.05, 0.1) is 10.8 Å². The predicted octanol–water partition coefficient (Wildman–Crippen LogP) is 3.74. The molecule has 1 aromatic carbocycles. The molecule has 0 radical (unpaired) electrons. The third kappa shape index (κ3) is 4.20. The first kappa shape index (κ1) is 11.1. The van der Waals surface area contributed by atoms with Gasteiger partial charge >= 0.3 is 0 Å². The summed E-state index contributed by atoms with van der Waals surface area (Å²) >= 11 is 4.49. The number of benzene rings is 1. The van der Waals surface area contributed by atoms with Crippen molar-refractivity contribution in [3.05, 3.63) is 46.3 Å². The molecule has 0 saturated heterocycles. The highest BCUT2D eigenvalue weighted by molar-refractivity contribution is 7.78. The Labute approximate surface area is 92.6 Å². The van der Waals surface area contributed by atoms with Crippen LogP contribution < -0.4 is 0 Å². The highest BCUT2D eigenvalue weighted by Crippen LogP contribution is 2.12. The summed E-state index contributed by atoms with van der Waals surface area (Å²) < 4.78 is 0. The maximum Gasteiger partial charge on any atom is 0.0739 e. The monoisotopic (exact) mass is 216 g/mol. The molecule has 0 unspecified atom stereocenters. The van der Waals surface area contributed by atoms with E-state index in [-0.39, 0.29) is 0 Å². The van der Waals surface area contributed by atoms with Crippen LogP contribution in [0.4, 0.5) is 5.69 Å². The van der Waals surface area contributed by atoms with Crippen molar-refractivity contribution < 1.29 is 0 Å². The molecule has 0 amide bonds. The Hall–Kier alpha value is -1.93. The molecular weight excluding hydrogens is 208 g/mol. The largest absolute Gasteiger partial charge is 0.195 e. The van der Waals surface area contributed by atoms with Crippen molar-refractivity contribution in [2.24, 2.45) is 10.1 Å². The van der Waals surface area contributed by atoms with Crippen molar-refractivity contribution in [3.63, 3.8) is 0 Å². The fourth-order valence-corrected chi connectivity index (χ4v) is 1.09. The molecule has 5 heteroatoms. The Morgan fingerprint density at radius 1 is 1.40 bits per heavy atom. The van der Waals surface area contributed by atoms with E-state index in [2.05, 4.69) is 32.4 Å². The fourth-order valence-electron chi connectivity index (χ4n) is 0.985. The Bertz CT molecular complexity index is 437. The third-order valence-electron chi connectivity index (χ3n) is 1.63. The molecule has 0 saturated carbocycles. The summed E-state index contributed by atoms with van der Waals surface area (Å²) in [5, 5.41) is 5.68. The lowest BCUT2D eigenvalue weighted by molar-refractivity contribution is 1.22. The number of hydrogen-bond acceptors (Lipinski definition) is 3. The predicted molar refractivity (Wildman–Crippen MR) is 64.2 cm³/mol. The van der Waals surface area contributed by atoms with Gasteiger partial charge in [0.15, 0.2) is 0 Å². The molecule has 0 aliphatic heterocycles. The molecule has 15 heavy (non-hydrogen) atoms. The number of aliphatic imine (C=N–C) groups is 1. The third-order valence-corrected chi connectivity index (χ3v) is 1.72. The molecule has 0 aliphatic carbocycles. The van der Waals surface area contributed by atoms with Gasteiger partial charge in [0.25, 0.3) is 0 Å². The number of azide groups is 1. The van der Waals surface area contributed by atoms with Gasteiger partial charge in [-0.3, -0.25) is 0 Å². The van der Waals surface area contributed by atoms with E-state index >= 15 is 0 Å². The Balaban J connectivity index is 2.67. The van der Waals surface area contributed by atoms with Gasteiger partial charge < -0.3 is 0 Å². The van der Waals surface area contributed by atoms with Gasteiger partial charge in [-0.15, -0.1) is 0 Å². The highest BCUT2D eigenvalue weighted by atomic mass is 32.1. The van der Waals surface area contributed by atoms with Crippen LogP contribution in [0.1, 0.15) is 5.56 Å². The first-order valence-electron chi connectivity index (χ1n) is 4.22. The zero-order valence-electron chi connectivity index (χ0n) is 7.87. The number of nitrogens with zero attached hydrogens (tertiary/aromatic N) is 4. The van der Waals surface area contributed by atoms with Gasteiger partial charge in [0.2, 0.25) is 0 Å². The van der Waals surface area contributed by atoms with Gasteiger partial charge in [0, 0.05) is 11.5 Å². The van der Waals surface area contributed by atoms with E-state index in [1.807, 2.05) is 30.3 Å². The molecule has 0 spiro atoms. The minimum atomic E-state index is 0.357. The molecule has 0 fully saturated rings. The van der Waals surface area contributed by atoms with E-state index in [4.69, 9.17) is 5.53 Å². The zero-order chi connectivity index (χ0) is 10.9. The topological polar surface area (TPSA) is 61.1 Å². The van der Waals surface area contributed by atoms with Gasteiger partial charge in [-0.1, -0.05) is 29.4 Å². The van der Waals surface area contributed by atoms with Crippen molar-refractivity contribution in [1.29, 1.82) is 0 Å². The van der Waals surface area contributed by atoms with Crippen LogP contribution in [0.25, 0.3) is 16.5 Å². The van der Waals surface area contributed by atoms with Crippen LogP contribution in [-0.2, 0) is 0 Å². The average Bonchev–Trinajstić information content (AvgIpc) is 2.27. The van der Waals surface area contributed by atoms with Crippen LogP contribution in [0.15, 0.2) is 40.4 Å². The molecule has 0 N–H and O–H groups in total. The molecular formula is C10H8N4S. The maximum absolute atomic E-state index is 8.05. The second-order valence-electron chi connectivity index (χ2n) is 2.61. The first-order valence-corrected chi connectivity index (χ1v) is 4.63. The van der Waals surface area contributed by atoms with Crippen molar-refractivity contribution in [2.75, 3.05) is 6.54 Å². The summed E-state index contributed by atoms with van der Waals surface area (Å²) in [6.45, 7) is 0.357. The van der Waals surface area contributed by atoms with Crippen LogP contribution >= 0.6 is 12.2 Å². The summed E-state index contributed by atoms with van der Waals surface area (Å²) in [4.78, 5) is 6.48. The normalized spacial score (nSPS) is 9.33.